The normalized spacial score (nSPS) is 12.5. The maximum atomic E-state index is 12.5. The van der Waals surface area contributed by atoms with Crippen molar-refractivity contribution in [3.63, 3.8) is 0 Å². The van der Waals surface area contributed by atoms with Crippen LogP contribution in [0.5, 0.6) is 0 Å². The number of carbonyl (C=O) groups is 2. The number of nitrogens with one attached hydrogen (secondary N) is 1. The monoisotopic (exact) mass is 1110 g/mol. The van der Waals surface area contributed by atoms with Gasteiger partial charge < -0.3 is 20.3 Å². The summed E-state index contributed by atoms with van der Waals surface area (Å²) in [5, 5.41) is 23.2. The molecule has 0 aliphatic carbocycles. The molecular formula is C73H143NO5. The Kier molecular flexibility index (Phi) is 67.9. The molecule has 2 atom stereocenters. The number of esters is 1. The fraction of sp³-hybridized carbons (Fsp3) is 0.945. The Balaban J connectivity index is 3.27. The van der Waals surface area contributed by atoms with Gasteiger partial charge in [0.1, 0.15) is 0 Å². The molecule has 0 aliphatic rings. The highest BCUT2D eigenvalue weighted by Crippen LogP contribution is 2.19. The van der Waals surface area contributed by atoms with Crippen LogP contribution in [0, 0.1) is 0 Å². The first-order valence-electron chi connectivity index (χ1n) is 36.4. The third kappa shape index (κ3) is 65.6. The predicted octanol–water partition coefficient (Wildman–Crippen LogP) is 23.5. The topological polar surface area (TPSA) is 95.9 Å². The van der Waals surface area contributed by atoms with Crippen LogP contribution in [0.2, 0.25) is 0 Å². The Bertz CT molecular complexity index is 1190. The molecule has 0 saturated carbocycles. The van der Waals surface area contributed by atoms with Gasteiger partial charge in [0.2, 0.25) is 5.91 Å². The van der Waals surface area contributed by atoms with Crippen LogP contribution in [0.15, 0.2) is 12.2 Å². The van der Waals surface area contributed by atoms with Gasteiger partial charge in [-0.25, -0.2) is 0 Å². The third-order valence-electron chi connectivity index (χ3n) is 17.3. The predicted molar refractivity (Wildman–Crippen MR) is 347 cm³/mol. The Morgan fingerprint density at radius 1 is 0.342 bits per heavy atom. The van der Waals surface area contributed by atoms with Crippen molar-refractivity contribution in [2.75, 3.05) is 13.2 Å². The largest absolute Gasteiger partial charge is 0.466 e. The quantitative estimate of drug-likeness (QED) is 0.0320. The van der Waals surface area contributed by atoms with Crippen molar-refractivity contribution in [3.8, 4) is 0 Å². The summed E-state index contributed by atoms with van der Waals surface area (Å²) in [6.07, 6.45) is 85.8. The number of unbranched alkanes of at least 4 members (excludes halogenated alkanes) is 56. The van der Waals surface area contributed by atoms with E-state index in [2.05, 4.69) is 31.3 Å². The average Bonchev–Trinajstić information content (AvgIpc) is 3.45. The van der Waals surface area contributed by atoms with Crippen LogP contribution in [0.3, 0.4) is 0 Å². The molecular weight excluding hydrogens is 971 g/mol. The summed E-state index contributed by atoms with van der Waals surface area (Å²) in [6, 6.07) is -0.535. The van der Waals surface area contributed by atoms with Crippen LogP contribution >= 0.6 is 0 Å². The third-order valence-corrected chi connectivity index (χ3v) is 17.3. The highest BCUT2D eigenvalue weighted by atomic mass is 16.5. The van der Waals surface area contributed by atoms with Crippen molar-refractivity contribution in [2.24, 2.45) is 0 Å². The van der Waals surface area contributed by atoms with E-state index in [1.807, 2.05) is 0 Å². The second-order valence-electron chi connectivity index (χ2n) is 25.3. The summed E-state index contributed by atoms with van der Waals surface area (Å²) < 4.78 is 5.52. The molecule has 0 radical (unpaired) electrons. The van der Waals surface area contributed by atoms with Crippen molar-refractivity contribution in [1.82, 2.24) is 5.32 Å². The zero-order valence-electron chi connectivity index (χ0n) is 53.9. The zero-order valence-corrected chi connectivity index (χ0v) is 53.9. The van der Waals surface area contributed by atoms with Gasteiger partial charge in [-0.3, -0.25) is 9.59 Å². The molecule has 470 valence electrons. The minimum absolute atomic E-state index is 0.0222. The first-order valence-corrected chi connectivity index (χ1v) is 36.4. The number of aliphatic hydroxyl groups excluding tert-OH is 2. The molecule has 2 unspecified atom stereocenters. The number of allylic oxidation sites excluding steroid dienone is 2. The first kappa shape index (κ1) is 77.6. The van der Waals surface area contributed by atoms with Crippen LogP contribution in [-0.4, -0.2) is 47.4 Å². The van der Waals surface area contributed by atoms with E-state index in [0.29, 0.717) is 25.9 Å². The van der Waals surface area contributed by atoms with Crippen molar-refractivity contribution >= 4 is 11.9 Å². The maximum Gasteiger partial charge on any atom is 0.305 e. The van der Waals surface area contributed by atoms with Crippen molar-refractivity contribution in [3.05, 3.63) is 12.2 Å². The number of hydrogen-bond acceptors (Lipinski definition) is 5. The molecule has 0 aromatic heterocycles. The van der Waals surface area contributed by atoms with Crippen LogP contribution in [0.25, 0.3) is 0 Å². The van der Waals surface area contributed by atoms with E-state index in [4.69, 9.17) is 4.74 Å². The molecule has 3 N–H and O–H groups in total. The lowest BCUT2D eigenvalue weighted by atomic mass is 10.0. The minimum Gasteiger partial charge on any atom is -0.466 e. The van der Waals surface area contributed by atoms with E-state index in [1.165, 1.54) is 347 Å². The SMILES string of the molecule is CCCCCCCC/C=C\CCCCCCCCCCCC(=O)OCCCCCCCCCCCCCCCCCCCCCCCCCCCCCCCCCCCC(=O)NC(CO)C(O)CCCCCCCCCCCC. The Morgan fingerprint density at radius 2 is 0.595 bits per heavy atom. The highest BCUT2D eigenvalue weighted by molar-refractivity contribution is 5.76. The summed E-state index contributed by atoms with van der Waals surface area (Å²) in [4.78, 5) is 24.6. The van der Waals surface area contributed by atoms with Crippen LogP contribution in [0.4, 0.5) is 0 Å². The summed E-state index contributed by atoms with van der Waals surface area (Å²) >= 11 is 0. The van der Waals surface area contributed by atoms with Gasteiger partial charge in [0.25, 0.3) is 0 Å². The van der Waals surface area contributed by atoms with E-state index >= 15 is 0 Å². The second kappa shape index (κ2) is 69.1. The van der Waals surface area contributed by atoms with Crippen LogP contribution < -0.4 is 5.32 Å². The highest BCUT2D eigenvalue weighted by Gasteiger charge is 2.20. The Hall–Kier alpha value is -1.40. The lowest BCUT2D eigenvalue weighted by Gasteiger charge is -2.22. The summed E-state index contributed by atoms with van der Waals surface area (Å²) in [5.41, 5.74) is 0. The first-order chi connectivity index (χ1) is 39.0. The van der Waals surface area contributed by atoms with Crippen molar-refractivity contribution in [2.45, 2.75) is 431 Å². The standard InChI is InChI=1S/C73H143NO5/c1-3-5-7-9-11-13-15-16-17-18-34-38-41-44-47-51-55-59-63-67-73(78)79-68-64-60-56-52-48-45-42-39-36-33-31-29-27-25-23-21-19-20-22-24-26-28-30-32-35-37-40-43-46-50-54-58-62-66-72(77)74-70(69-75)71(76)65-61-57-53-49-14-12-10-8-6-4-2/h16-17,70-71,75-76H,3-15,18-69H2,1-2H3,(H,74,77)/b17-16-. The van der Waals surface area contributed by atoms with Gasteiger partial charge in [-0.2, -0.15) is 0 Å². The van der Waals surface area contributed by atoms with Crippen LogP contribution in [0.1, 0.15) is 418 Å². The van der Waals surface area contributed by atoms with Gasteiger partial charge in [-0.1, -0.05) is 366 Å². The van der Waals surface area contributed by atoms with Gasteiger partial charge >= 0.3 is 5.97 Å². The Morgan fingerprint density at radius 3 is 0.899 bits per heavy atom. The molecule has 79 heavy (non-hydrogen) atoms. The lowest BCUT2D eigenvalue weighted by molar-refractivity contribution is -0.143. The van der Waals surface area contributed by atoms with E-state index in [-0.39, 0.29) is 18.5 Å². The molecule has 0 spiro atoms. The molecule has 6 heteroatoms. The Labute approximate surface area is 495 Å². The molecule has 0 aromatic carbocycles. The van der Waals surface area contributed by atoms with Gasteiger partial charge in [0.15, 0.2) is 0 Å². The summed E-state index contributed by atoms with van der Waals surface area (Å²) in [6.45, 7) is 4.97. The molecule has 0 bridgehead atoms. The average molecular weight is 1110 g/mol. The molecule has 0 aliphatic heterocycles. The second-order valence-corrected chi connectivity index (χ2v) is 25.3. The van der Waals surface area contributed by atoms with E-state index < -0.39 is 12.1 Å². The maximum absolute atomic E-state index is 12.5. The van der Waals surface area contributed by atoms with Gasteiger partial charge in [0.05, 0.1) is 25.4 Å². The minimum atomic E-state index is -0.658. The summed E-state index contributed by atoms with van der Waals surface area (Å²) in [5.74, 6) is -0.00729. The lowest BCUT2D eigenvalue weighted by Crippen LogP contribution is -2.45. The van der Waals surface area contributed by atoms with E-state index in [1.54, 1.807) is 0 Å². The number of ether oxygens (including phenoxy) is 1. The number of rotatable bonds is 69. The summed E-state index contributed by atoms with van der Waals surface area (Å²) in [7, 11) is 0. The molecule has 0 aromatic rings. The number of carbonyl (C=O) groups excluding carboxylic acids is 2. The number of aliphatic hydroxyl groups is 2. The molecule has 1 amide bonds. The van der Waals surface area contributed by atoms with Crippen molar-refractivity contribution in [1.29, 1.82) is 0 Å². The van der Waals surface area contributed by atoms with E-state index in [9.17, 15) is 19.8 Å². The van der Waals surface area contributed by atoms with E-state index in [0.717, 1.165) is 38.5 Å². The van der Waals surface area contributed by atoms with Crippen molar-refractivity contribution < 1.29 is 24.5 Å². The molecule has 0 rings (SSSR count). The molecule has 0 saturated heterocycles. The molecule has 0 heterocycles. The smallest absolute Gasteiger partial charge is 0.305 e. The number of amides is 1. The number of hydrogen-bond donors (Lipinski definition) is 3. The zero-order chi connectivity index (χ0) is 57.1. The fourth-order valence-corrected chi connectivity index (χ4v) is 11.8. The van der Waals surface area contributed by atoms with Gasteiger partial charge in [-0.05, 0) is 51.4 Å². The molecule has 0 fully saturated rings. The molecule has 6 nitrogen and oxygen atoms in total. The van der Waals surface area contributed by atoms with Gasteiger partial charge in [0, 0.05) is 12.8 Å². The fourth-order valence-electron chi connectivity index (χ4n) is 11.8. The van der Waals surface area contributed by atoms with Gasteiger partial charge in [-0.15, -0.1) is 0 Å². The van der Waals surface area contributed by atoms with Crippen LogP contribution in [-0.2, 0) is 14.3 Å².